The number of pyridine rings is 1. The van der Waals surface area contributed by atoms with Gasteiger partial charge in [0.25, 0.3) is 0 Å². The van der Waals surface area contributed by atoms with Crippen molar-refractivity contribution in [2.45, 2.75) is 6.42 Å². The topological polar surface area (TPSA) is 130 Å². The van der Waals surface area contributed by atoms with Crippen LogP contribution in [0.1, 0.15) is 6.42 Å². The van der Waals surface area contributed by atoms with Crippen LogP contribution in [-0.2, 0) is 4.79 Å². The molecule has 0 aliphatic rings. The number of carbonyl (C=O) groups is 1. The number of aromatic amines is 1. The Morgan fingerprint density at radius 3 is 3.00 bits per heavy atom. The number of nitrogens with one attached hydrogen (secondary N) is 2. The Morgan fingerprint density at radius 2 is 2.25 bits per heavy atom. The molecule has 0 spiro atoms. The minimum absolute atomic E-state index is 0.0165. The van der Waals surface area contributed by atoms with Crippen LogP contribution in [0.15, 0.2) is 35.1 Å². The lowest BCUT2D eigenvalue weighted by atomic mass is 10.2. The zero-order valence-corrected chi connectivity index (χ0v) is 14.9. The van der Waals surface area contributed by atoms with E-state index in [1.54, 1.807) is 18.2 Å². The summed E-state index contributed by atoms with van der Waals surface area (Å²) in [6.45, 7) is -0.0165. The molecule has 0 radical (unpaired) electrons. The highest BCUT2D eigenvalue weighted by Gasteiger charge is 2.21. The van der Waals surface area contributed by atoms with Gasteiger partial charge in [0.1, 0.15) is 11.4 Å². The number of halogens is 2. The summed E-state index contributed by atoms with van der Waals surface area (Å²) in [5, 5.41) is 19.3. The molecule has 142 valence electrons. The number of aromatic nitrogens is 5. The number of furan rings is 1. The molecule has 11 heteroatoms. The molecule has 0 fully saturated rings. The van der Waals surface area contributed by atoms with Gasteiger partial charge in [-0.1, -0.05) is 11.6 Å². The van der Waals surface area contributed by atoms with Crippen LogP contribution < -0.4 is 5.32 Å². The minimum Gasteiger partial charge on any atom is -0.481 e. The van der Waals surface area contributed by atoms with Crippen molar-refractivity contribution in [1.82, 2.24) is 25.1 Å². The third kappa shape index (κ3) is 3.37. The maximum atomic E-state index is 14.9. The molecule has 0 aromatic carbocycles. The molecule has 9 nitrogen and oxygen atoms in total. The first-order chi connectivity index (χ1) is 13.5. The third-order valence-corrected chi connectivity index (χ3v) is 4.04. The molecule has 4 heterocycles. The second-order valence-corrected chi connectivity index (χ2v) is 6.17. The number of carboxylic acids is 1. The van der Waals surface area contributed by atoms with Crippen molar-refractivity contribution in [3.63, 3.8) is 0 Å². The first-order valence-electron chi connectivity index (χ1n) is 8.10. The van der Waals surface area contributed by atoms with Crippen molar-refractivity contribution >= 4 is 34.4 Å². The standard InChI is InChI=1S/C17H12ClFN6O3/c18-8-6-9-13(24-25-15(9)21-7-8)17-22-14(10-2-1-5-28-10)12(19)16(23-17)20-4-3-11(26)27/h1-2,5-7H,3-4H2,(H,26,27)(H,20,22,23)(H,21,24,25). The van der Waals surface area contributed by atoms with Crippen LogP contribution in [0.3, 0.4) is 0 Å². The summed E-state index contributed by atoms with van der Waals surface area (Å²) in [5.74, 6) is -1.62. The lowest BCUT2D eigenvalue weighted by Crippen LogP contribution is -2.12. The molecule has 0 unspecified atom stereocenters. The van der Waals surface area contributed by atoms with Gasteiger partial charge in [-0.3, -0.25) is 9.89 Å². The maximum Gasteiger partial charge on any atom is 0.305 e. The highest BCUT2D eigenvalue weighted by Crippen LogP contribution is 2.31. The van der Waals surface area contributed by atoms with Gasteiger partial charge >= 0.3 is 5.97 Å². The Morgan fingerprint density at radius 1 is 1.39 bits per heavy atom. The second-order valence-electron chi connectivity index (χ2n) is 5.73. The number of anilines is 1. The predicted molar refractivity (Wildman–Crippen MR) is 98.3 cm³/mol. The summed E-state index contributed by atoms with van der Waals surface area (Å²) in [7, 11) is 0. The molecule has 3 N–H and O–H groups in total. The number of carboxylic acid groups (broad SMARTS) is 1. The average Bonchev–Trinajstić information content (AvgIpc) is 3.32. The van der Waals surface area contributed by atoms with Crippen LogP contribution in [0.2, 0.25) is 5.02 Å². The summed E-state index contributed by atoms with van der Waals surface area (Å²) in [6, 6.07) is 4.79. The molecule has 0 bridgehead atoms. The molecular formula is C17H12ClFN6O3. The SMILES string of the molecule is O=C(O)CCNc1nc(-c2[nH]nc3ncc(Cl)cc23)nc(-c2ccco2)c1F. The summed E-state index contributed by atoms with van der Waals surface area (Å²) in [5.41, 5.74) is 0.705. The van der Waals surface area contributed by atoms with E-state index in [1.165, 1.54) is 12.5 Å². The molecule has 4 aromatic heterocycles. The quantitative estimate of drug-likeness (QED) is 0.447. The van der Waals surface area contributed by atoms with Crippen molar-refractivity contribution in [3.8, 4) is 23.0 Å². The van der Waals surface area contributed by atoms with Gasteiger partial charge in [-0.25, -0.2) is 19.3 Å². The van der Waals surface area contributed by atoms with Crippen LogP contribution >= 0.6 is 11.6 Å². The van der Waals surface area contributed by atoms with Gasteiger partial charge in [0.05, 0.1) is 23.1 Å². The number of aliphatic carboxylic acids is 1. The summed E-state index contributed by atoms with van der Waals surface area (Å²) < 4.78 is 20.2. The van der Waals surface area contributed by atoms with Gasteiger partial charge in [-0.15, -0.1) is 0 Å². The summed E-state index contributed by atoms with van der Waals surface area (Å²) in [4.78, 5) is 23.3. The monoisotopic (exact) mass is 402 g/mol. The Hall–Kier alpha value is -3.53. The molecule has 0 saturated carbocycles. The second kappa shape index (κ2) is 7.24. The predicted octanol–water partition coefficient (Wildman–Crippen LogP) is 3.35. The molecule has 0 saturated heterocycles. The Balaban J connectivity index is 1.85. The summed E-state index contributed by atoms with van der Waals surface area (Å²) in [6.07, 6.45) is 2.64. The van der Waals surface area contributed by atoms with E-state index in [9.17, 15) is 9.18 Å². The lowest BCUT2D eigenvalue weighted by Gasteiger charge is -2.10. The number of hydrogen-bond acceptors (Lipinski definition) is 7. The lowest BCUT2D eigenvalue weighted by molar-refractivity contribution is -0.136. The van der Waals surface area contributed by atoms with Crippen LogP contribution in [0, 0.1) is 5.82 Å². The number of fused-ring (bicyclic) bond motifs is 1. The number of nitrogens with zero attached hydrogens (tertiary/aromatic N) is 4. The van der Waals surface area contributed by atoms with Crippen LogP contribution in [0.5, 0.6) is 0 Å². The van der Waals surface area contributed by atoms with Crippen molar-refractivity contribution in [2.75, 3.05) is 11.9 Å². The average molecular weight is 403 g/mol. The fourth-order valence-corrected chi connectivity index (χ4v) is 2.74. The molecule has 0 aliphatic heterocycles. The van der Waals surface area contributed by atoms with Gasteiger partial charge in [0.15, 0.2) is 28.9 Å². The molecule has 4 rings (SSSR count). The van der Waals surface area contributed by atoms with Crippen LogP contribution in [0.25, 0.3) is 34.0 Å². The molecule has 0 amide bonds. The third-order valence-electron chi connectivity index (χ3n) is 3.84. The van der Waals surface area contributed by atoms with Gasteiger partial charge in [0, 0.05) is 12.7 Å². The first-order valence-corrected chi connectivity index (χ1v) is 8.48. The zero-order chi connectivity index (χ0) is 19.7. The van der Waals surface area contributed by atoms with E-state index < -0.39 is 11.8 Å². The molecule has 28 heavy (non-hydrogen) atoms. The van der Waals surface area contributed by atoms with Crippen LogP contribution in [0.4, 0.5) is 10.2 Å². The highest BCUT2D eigenvalue weighted by atomic mass is 35.5. The highest BCUT2D eigenvalue weighted by molar-refractivity contribution is 6.31. The van der Waals surface area contributed by atoms with E-state index in [1.807, 2.05) is 0 Å². The van der Waals surface area contributed by atoms with E-state index >= 15 is 0 Å². The van der Waals surface area contributed by atoms with Crippen LogP contribution in [-0.4, -0.2) is 42.8 Å². The smallest absolute Gasteiger partial charge is 0.305 e. The van der Waals surface area contributed by atoms with E-state index in [0.717, 1.165) is 0 Å². The maximum absolute atomic E-state index is 14.9. The Bertz CT molecular complexity index is 1160. The first kappa shape index (κ1) is 17.9. The Labute approximate surface area is 161 Å². The van der Waals surface area contributed by atoms with Gasteiger partial charge < -0.3 is 14.8 Å². The minimum atomic E-state index is -1.02. The van der Waals surface area contributed by atoms with E-state index in [-0.39, 0.29) is 36.1 Å². The number of hydrogen-bond donors (Lipinski definition) is 3. The largest absolute Gasteiger partial charge is 0.481 e. The van der Waals surface area contributed by atoms with Gasteiger partial charge in [-0.2, -0.15) is 5.10 Å². The van der Waals surface area contributed by atoms with Crippen molar-refractivity contribution in [3.05, 3.63) is 41.5 Å². The number of rotatable bonds is 6. The fourth-order valence-electron chi connectivity index (χ4n) is 2.59. The van der Waals surface area contributed by atoms with Crippen molar-refractivity contribution in [1.29, 1.82) is 0 Å². The summed E-state index contributed by atoms with van der Waals surface area (Å²) >= 11 is 6.01. The molecular weight excluding hydrogens is 391 g/mol. The normalized spacial score (nSPS) is 11.1. The van der Waals surface area contributed by atoms with Gasteiger partial charge in [-0.05, 0) is 18.2 Å². The molecule has 0 atom stereocenters. The molecule has 4 aromatic rings. The van der Waals surface area contributed by atoms with E-state index in [4.69, 9.17) is 21.1 Å². The van der Waals surface area contributed by atoms with Crippen molar-refractivity contribution in [2.24, 2.45) is 0 Å². The Kier molecular flexibility index (Phi) is 4.62. The number of H-pyrrole nitrogens is 1. The van der Waals surface area contributed by atoms with Crippen molar-refractivity contribution < 1.29 is 18.7 Å². The fraction of sp³-hybridized carbons (Fsp3) is 0.118. The van der Waals surface area contributed by atoms with Gasteiger partial charge in [0.2, 0.25) is 0 Å². The van der Waals surface area contributed by atoms with E-state index in [0.29, 0.717) is 21.7 Å². The van der Waals surface area contributed by atoms with E-state index in [2.05, 4.69) is 30.5 Å². The molecule has 0 aliphatic carbocycles. The zero-order valence-electron chi connectivity index (χ0n) is 14.1.